The molecule has 4 aliphatic heterocycles. The molecule has 17 heteroatoms. The molecule has 5 nitrogen and oxygen atoms in total. The summed E-state index contributed by atoms with van der Waals surface area (Å²) in [5.74, 6) is 9.68. The van der Waals surface area contributed by atoms with E-state index in [1.54, 1.807) is 39.7 Å². The van der Waals surface area contributed by atoms with Crippen LogP contribution in [0.25, 0.3) is 19.9 Å². The fourth-order valence-corrected chi connectivity index (χ4v) is 56.6. The molecule has 4 aliphatic carbocycles. The summed E-state index contributed by atoms with van der Waals surface area (Å²) in [4.78, 5) is 28.8. The number of rotatable bonds is 14. The van der Waals surface area contributed by atoms with E-state index >= 15 is 0 Å². The van der Waals surface area contributed by atoms with Crippen LogP contribution < -0.4 is 25.5 Å². The van der Waals surface area contributed by atoms with Gasteiger partial charge in [-0.15, -0.1) is 69.2 Å². The maximum atomic E-state index is 5.87. The average Bonchev–Trinajstić information content (AvgIpc) is 1.54. The fourth-order valence-electron chi connectivity index (χ4n) is 24.2. The number of benzene rings is 8. The predicted molar refractivity (Wildman–Crippen MR) is 589 cm³/mol. The second-order valence-electron chi connectivity index (χ2n) is 40.9. The van der Waals surface area contributed by atoms with Crippen molar-refractivity contribution >= 4 is 101 Å². The maximum Gasteiger partial charge on any atom is 4.00 e. The van der Waals surface area contributed by atoms with E-state index in [1.165, 1.54) is 41.1 Å². The molecule has 4 saturated carbocycles. The number of para-hydroxylation sites is 1. The molecule has 16 rings (SSSR count). The molecule has 0 bridgehead atoms. The van der Waals surface area contributed by atoms with Crippen molar-refractivity contribution in [3.05, 3.63) is 343 Å². The Morgan fingerprint density at radius 1 is 0.285 bits per heavy atom. The summed E-state index contributed by atoms with van der Waals surface area (Å²) in [6.07, 6.45) is 0. The summed E-state index contributed by atoms with van der Waals surface area (Å²) >= 11 is 8.57. The van der Waals surface area contributed by atoms with Crippen LogP contribution >= 0.6 is 47.0 Å². The van der Waals surface area contributed by atoms with Gasteiger partial charge in [-0.2, -0.15) is 0 Å². The van der Waals surface area contributed by atoms with Crippen molar-refractivity contribution in [1.82, 2.24) is 0 Å². The molecule has 0 spiro atoms. The summed E-state index contributed by atoms with van der Waals surface area (Å²) < 4.78 is 5.87. The number of fused-ring (bicyclic) bond motifs is 12. The minimum Gasteiger partial charge on any atom is -0.656 e. The first-order valence-electron chi connectivity index (χ1n) is 43.4. The van der Waals surface area contributed by atoms with E-state index in [1.807, 2.05) is 0 Å². The minimum absolute atomic E-state index is 0. The van der Waals surface area contributed by atoms with E-state index in [4.69, 9.17) is 24.7 Å². The van der Waals surface area contributed by atoms with E-state index in [0.717, 1.165) is 5.75 Å². The summed E-state index contributed by atoms with van der Waals surface area (Å²) in [7, 11) is -6.76. The minimum atomic E-state index is -2.24. The number of hydrogen-bond acceptors (Lipinski definition) is 5. The molecule has 4 heterocycles. The second kappa shape index (κ2) is 52.9. The standard InChI is InChI=1S/C27H38NSSi.C25H34NOSSi.C25H34NSSi.C24H32NSSi.12CH3.4Ti/c1-17(2)20-13-10-12-16-23(20)30(8,28-27(5,6)7)26-19(4)18(3)24-21-14-9-11-15-22(21)29-25(24)26;1-16-17(2)24(23-22(16)18-12-8-10-14-20(18)28-23)29(7,26-25(3,4)5)21-15-11-9-13-19(21)27-6;1-16-12-8-11-15-21(16)28(7,26-25(4,5)6)24-18(3)17(2)22-19-13-9-10-14-20(19)27-23(22)24;1-16-17(2)23(22-21(16)19-14-10-11-15-20(19)26-22)27(6,25-24(3,4)5)18-12-8-7-9-13-18;;;;;;;;;;;;;;;;/h9-19,24-26H,1-8H3;8-17,22-24H,1-7H3;8-15,17-18,22-24H,1-7H3;7-17,21-23H,1-6H3;12*1H3;;;;/q16*-1;4*+4. The molecule has 4 fully saturated rings. The molecule has 24 unspecified atom stereocenters. The molecule has 708 valence electrons. The van der Waals surface area contributed by atoms with Gasteiger partial charge in [0.05, 0.1) is 7.11 Å². The zero-order valence-electron chi connectivity index (χ0n) is 88.5. The van der Waals surface area contributed by atoms with Gasteiger partial charge < -0.3 is 114 Å². The smallest absolute Gasteiger partial charge is 0.656 e. The quantitative estimate of drug-likeness (QED) is 0.0802. The van der Waals surface area contributed by atoms with E-state index in [0.29, 0.717) is 120 Å². The van der Waals surface area contributed by atoms with Crippen LogP contribution in [-0.2, 0) is 86.9 Å². The van der Waals surface area contributed by atoms with Gasteiger partial charge in [-0.3, -0.25) is 0 Å². The van der Waals surface area contributed by atoms with E-state index in [9.17, 15) is 0 Å². The van der Waals surface area contributed by atoms with Crippen molar-refractivity contribution in [2.24, 2.45) is 47.3 Å². The van der Waals surface area contributed by atoms with Gasteiger partial charge in [0.2, 0.25) is 0 Å². The van der Waals surface area contributed by atoms with Crippen molar-refractivity contribution < 1.29 is 91.6 Å². The van der Waals surface area contributed by atoms with Gasteiger partial charge in [-0.05, 0) is 202 Å². The molecule has 8 aromatic rings. The molecular formula is C113H174N4OS4Si4Ti4. The molecule has 8 aromatic carbocycles. The van der Waals surface area contributed by atoms with E-state index in [-0.39, 0.29) is 198 Å². The molecular weight excluding hydrogens is 1860 g/mol. The zero-order valence-corrected chi connectivity index (χ0v) is 102. The Morgan fingerprint density at radius 2 is 0.515 bits per heavy atom. The topological polar surface area (TPSA) is 65.6 Å². The SMILES string of the molecule is CC(C)c1ccccc1[Si](C)([N-]C(C)(C)C)C1C(C)C(C)C2c3ccccc3SC21.CC1C(C)C([Si](C)([N-]C(C)(C)C)c2ccccc2)C2Sc3ccccc3C12.COc1ccccc1[Si](C)([N-]C(C)(C)C)C1C(C)C(C)C2c3ccccc3SC21.Cc1ccccc1[Si](C)([N-]C(C)(C)C)C1C(C)C(C)C2c3ccccc3SC21.[CH3-].[CH3-].[CH3-].[CH3-].[CH3-].[CH3-].[CH3-].[CH3-].[CH3-].[CH3-].[CH3-].[CH3-].[Ti+4].[Ti+4].[Ti+4].[Ti+4]. The van der Waals surface area contributed by atoms with Gasteiger partial charge in [0.15, 0.2) is 0 Å². The van der Waals surface area contributed by atoms with Gasteiger partial charge in [0.25, 0.3) is 0 Å². The van der Waals surface area contributed by atoms with Crippen LogP contribution in [0.2, 0.25) is 48.4 Å². The summed E-state index contributed by atoms with van der Waals surface area (Å²) in [6.45, 7) is 64.5. The monoisotopic (exact) mass is 2030 g/mol. The van der Waals surface area contributed by atoms with Crippen molar-refractivity contribution in [2.75, 3.05) is 7.11 Å². The zero-order chi connectivity index (χ0) is 82.5. The number of ether oxygens (including phenoxy) is 1. The Balaban J connectivity index is -0.000000782. The maximum absolute atomic E-state index is 5.87. The Morgan fingerprint density at radius 3 is 0.808 bits per heavy atom. The van der Waals surface area contributed by atoms with Crippen LogP contribution in [0.15, 0.2) is 220 Å². The molecule has 0 N–H and O–H groups in total. The second-order valence-corrected chi connectivity index (χ2v) is 60.7. The Kier molecular flexibility index (Phi) is 54.8. The molecule has 0 radical (unpaired) electrons. The molecule has 8 aliphatic rings. The van der Waals surface area contributed by atoms with Crippen LogP contribution in [0.1, 0.15) is 215 Å². The Labute approximate surface area is 885 Å². The Bertz CT molecular complexity index is 4690. The summed E-state index contributed by atoms with van der Waals surface area (Å²) in [5.41, 5.74) is 11.7. The van der Waals surface area contributed by atoms with Crippen molar-refractivity contribution in [1.29, 1.82) is 0 Å². The molecule has 0 aromatic heterocycles. The van der Waals surface area contributed by atoms with Crippen LogP contribution in [0.3, 0.4) is 0 Å². The van der Waals surface area contributed by atoms with Crippen molar-refractivity contribution in [3.63, 3.8) is 0 Å². The van der Waals surface area contributed by atoms with Gasteiger partial charge in [0.1, 0.15) is 5.75 Å². The first kappa shape index (κ1) is 135. The van der Waals surface area contributed by atoms with Crippen LogP contribution in [0, 0.1) is 143 Å². The third kappa shape index (κ3) is 26.6. The van der Waals surface area contributed by atoms with Crippen LogP contribution in [0.5, 0.6) is 5.75 Å². The number of methoxy groups -OCH3 is 1. The van der Waals surface area contributed by atoms with Gasteiger partial charge in [-0.25, -0.2) is 0 Å². The van der Waals surface area contributed by atoms with Crippen LogP contribution in [-0.4, -0.2) is 83.2 Å². The largest absolute Gasteiger partial charge is 4.00 e. The van der Waals surface area contributed by atoms with Gasteiger partial charge in [0, 0.05) is 40.6 Å². The number of hydrogen-bond donors (Lipinski definition) is 0. The third-order valence-electron chi connectivity index (χ3n) is 28.5. The third-order valence-corrected chi connectivity index (χ3v) is 54.9. The summed E-state index contributed by atoms with van der Waals surface area (Å²) in [5, 5.41) is 8.56. The van der Waals surface area contributed by atoms with Crippen molar-refractivity contribution in [2.45, 2.75) is 300 Å². The molecule has 0 saturated heterocycles. The molecule has 130 heavy (non-hydrogen) atoms. The van der Waals surface area contributed by atoms with Crippen molar-refractivity contribution in [3.8, 4) is 5.75 Å². The fraction of sp³-hybridized carbons (Fsp3) is 0.469. The number of aryl methyl sites for hydroxylation is 1. The molecule has 24 atom stereocenters. The van der Waals surface area contributed by atoms with E-state index < -0.39 is 32.9 Å². The van der Waals surface area contributed by atoms with Crippen LogP contribution in [0.4, 0.5) is 0 Å². The normalized spacial score (nSPS) is 27.2. The average molecular weight is 2040 g/mol. The summed E-state index contributed by atoms with van der Waals surface area (Å²) in [6, 6.07) is 74.7. The Hall–Kier alpha value is -1.48. The number of thioether (sulfide) groups is 4. The first-order chi connectivity index (χ1) is 53.6. The van der Waals surface area contributed by atoms with Gasteiger partial charge in [-0.1, -0.05) is 369 Å². The van der Waals surface area contributed by atoms with Gasteiger partial charge >= 0.3 is 86.9 Å². The first-order valence-corrected chi connectivity index (χ1v) is 57.0. The molecule has 0 amide bonds. The van der Waals surface area contributed by atoms with E-state index in [2.05, 4.69) is 433 Å². The predicted octanol–water partition coefficient (Wildman–Crippen LogP) is 33.1. The number of nitrogens with zero attached hydrogens (tertiary/aromatic N) is 4.